The lowest BCUT2D eigenvalue weighted by Crippen LogP contribution is -2.22. The third-order valence-electron chi connectivity index (χ3n) is 12.3. The summed E-state index contributed by atoms with van der Waals surface area (Å²) in [5.74, 6) is -0.734. The van der Waals surface area contributed by atoms with Gasteiger partial charge in [-0.1, -0.05) is 115 Å². The molecule has 2 aromatic carbocycles. The van der Waals surface area contributed by atoms with Crippen LogP contribution in [-0.2, 0) is 103 Å². The third-order valence-corrected chi connectivity index (χ3v) is 12.3. The number of aromatic nitrogens is 6. The molecule has 4 aromatic heterocycles. The first-order chi connectivity index (χ1) is 40.6. The highest BCUT2D eigenvalue weighted by molar-refractivity contribution is 7.60. The largest absolute Gasteiger partial charge is 0.464 e. The van der Waals surface area contributed by atoms with Crippen LogP contribution in [0.25, 0.3) is 43.9 Å². The predicted octanol–water partition coefficient (Wildman–Crippen LogP) is 10.8. The van der Waals surface area contributed by atoms with Crippen LogP contribution in [0.2, 0.25) is 0 Å². The van der Waals surface area contributed by atoms with E-state index in [0.29, 0.717) is 87.1 Å². The van der Waals surface area contributed by atoms with Gasteiger partial charge in [0.25, 0.3) is 11.8 Å². The minimum absolute atomic E-state index is 0. The Bertz CT molecular complexity index is 3330. The maximum absolute atomic E-state index is 13.0. The Kier molecular flexibility index (Phi) is 35.9. The molecule has 0 saturated heterocycles. The fourth-order valence-corrected chi connectivity index (χ4v) is 8.82. The van der Waals surface area contributed by atoms with E-state index in [1.54, 1.807) is 0 Å². The van der Waals surface area contributed by atoms with Gasteiger partial charge in [0.2, 0.25) is 0 Å². The van der Waals surface area contributed by atoms with Gasteiger partial charge in [0.15, 0.2) is 11.6 Å². The summed E-state index contributed by atoms with van der Waals surface area (Å²) in [4.78, 5) is 93.9. The molecule has 496 valence electrons. The van der Waals surface area contributed by atoms with Crippen LogP contribution in [0.4, 0.5) is 11.6 Å². The molecule has 3 N–H and O–H groups in total. The number of rotatable bonds is 34. The number of nitrogens with one attached hydrogen (secondary N) is 3. The number of amides is 2. The van der Waals surface area contributed by atoms with Gasteiger partial charge in [-0.3, -0.25) is 19.2 Å². The van der Waals surface area contributed by atoms with Crippen molar-refractivity contribution in [2.75, 3.05) is 83.3 Å². The summed E-state index contributed by atoms with van der Waals surface area (Å²) in [5.41, 5.74) is 4.22. The Morgan fingerprint density at radius 2 is 0.888 bits per heavy atom. The van der Waals surface area contributed by atoms with Crippen molar-refractivity contribution in [3.05, 3.63) is 60.2 Å². The van der Waals surface area contributed by atoms with E-state index in [4.69, 9.17) is 71.0 Å². The smallest absolute Gasteiger partial charge is 0.332 e. The standard InChI is InChI=1S/C59H80N8O14.4CH4.HNO2S/c1-9-44-62-52-54(66(44)38-58(3,4)5)40-21-15-17-23-42(40)60-56(52)64-46(68)34-76-36-50(72)78-27-19-11-13-25-48(70)80-31-29-75-30-32-81-49(71)26-14-12-20-28-79-51(73)37-77-35-47(69)65-57-53-55(41-22-16-18-24-43(41)61-57)67(39-59(6,7)8)45(63-53)33-74-10-2;;;;;1-4(2)3/h15-18,21-24H,9-14,19-20,25-39H2,1-8H3,(H,60,64,68)(H,61,65,69);4*1H4;1H. The van der Waals surface area contributed by atoms with Gasteiger partial charge in [-0.15, -0.1) is 0 Å². The predicted molar refractivity (Wildman–Crippen MR) is 343 cm³/mol. The van der Waals surface area contributed by atoms with E-state index in [0.717, 1.165) is 45.5 Å². The molecule has 0 saturated carbocycles. The average molecular weight is 1270 g/mol. The molecule has 26 heteroatoms. The summed E-state index contributed by atoms with van der Waals surface area (Å²) >= 11 is 0. The van der Waals surface area contributed by atoms with Gasteiger partial charge < -0.3 is 57.7 Å². The number of esters is 4. The van der Waals surface area contributed by atoms with Crippen molar-refractivity contribution in [1.29, 1.82) is 4.78 Å². The Balaban J connectivity index is 0.00000480. The topological polar surface area (TPSA) is 320 Å². The van der Waals surface area contributed by atoms with Crippen LogP contribution < -0.4 is 10.6 Å². The zero-order valence-corrected chi connectivity index (χ0v) is 50.8. The maximum Gasteiger partial charge on any atom is 0.332 e. The molecule has 2 amide bonds. The average Bonchev–Trinajstić information content (AvgIpc) is 2.29. The van der Waals surface area contributed by atoms with Crippen molar-refractivity contribution in [2.45, 2.75) is 163 Å². The number of anilines is 2. The van der Waals surface area contributed by atoms with Crippen molar-refractivity contribution >= 4 is 102 Å². The van der Waals surface area contributed by atoms with Gasteiger partial charge in [-0.2, -0.15) is 13.2 Å². The van der Waals surface area contributed by atoms with E-state index in [1.807, 2.05) is 62.4 Å². The molecule has 0 aliphatic carbocycles. The zero-order chi connectivity index (χ0) is 61.9. The van der Waals surface area contributed by atoms with Crippen molar-refractivity contribution in [1.82, 2.24) is 29.1 Å². The van der Waals surface area contributed by atoms with E-state index >= 15 is 0 Å². The second-order valence-electron chi connectivity index (χ2n) is 22.1. The Morgan fingerprint density at radius 1 is 0.494 bits per heavy atom. The second-order valence-corrected chi connectivity index (χ2v) is 22.6. The van der Waals surface area contributed by atoms with Crippen molar-refractivity contribution in [3.63, 3.8) is 0 Å². The van der Waals surface area contributed by atoms with Crippen molar-refractivity contribution < 1.29 is 75.1 Å². The number of pyridine rings is 2. The first-order valence-electron chi connectivity index (χ1n) is 28.5. The summed E-state index contributed by atoms with van der Waals surface area (Å²) < 4.78 is 69.9. The number of para-hydroxylation sites is 2. The third kappa shape index (κ3) is 27.4. The molecule has 0 aliphatic rings. The van der Waals surface area contributed by atoms with Crippen LogP contribution in [0, 0.1) is 15.6 Å². The Hall–Kier alpha value is -7.52. The number of nitrogens with zero attached hydrogens (tertiary/aromatic N) is 6. The molecule has 4 heterocycles. The van der Waals surface area contributed by atoms with Gasteiger partial charge >= 0.3 is 34.4 Å². The lowest BCUT2D eigenvalue weighted by molar-refractivity contribution is -0.150. The minimum atomic E-state index is -2.61. The van der Waals surface area contributed by atoms with Crippen LogP contribution in [0.1, 0.15) is 148 Å². The van der Waals surface area contributed by atoms with Crippen LogP contribution >= 0.6 is 0 Å². The van der Waals surface area contributed by atoms with E-state index in [1.165, 1.54) is 0 Å². The van der Waals surface area contributed by atoms with Crippen molar-refractivity contribution in [3.8, 4) is 0 Å². The highest BCUT2D eigenvalue weighted by atomic mass is 32.2. The Morgan fingerprint density at radius 3 is 1.29 bits per heavy atom. The molecule has 0 aliphatic heterocycles. The summed E-state index contributed by atoms with van der Waals surface area (Å²) in [5, 5.41) is 7.49. The summed E-state index contributed by atoms with van der Waals surface area (Å²) in [6.45, 7) is 18.2. The highest BCUT2D eigenvalue weighted by Gasteiger charge is 2.25. The van der Waals surface area contributed by atoms with Crippen LogP contribution in [0.15, 0.2) is 48.5 Å². The molecule has 89 heavy (non-hydrogen) atoms. The number of ether oxygens (including phenoxy) is 8. The number of hydrogen-bond donors (Lipinski definition) is 3. The summed E-state index contributed by atoms with van der Waals surface area (Å²) in [7, 11) is -2.61. The first-order valence-corrected chi connectivity index (χ1v) is 29.5. The number of imidazole rings is 2. The number of aryl methyl sites for hydroxylation is 1. The van der Waals surface area contributed by atoms with Gasteiger partial charge in [-0.05, 0) is 68.4 Å². The van der Waals surface area contributed by atoms with E-state index in [9.17, 15) is 28.8 Å². The minimum Gasteiger partial charge on any atom is -0.464 e. The summed E-state index contributed by atoms with van der Waals surface area (Å²) in [6.07, 6.45) is 4.45. The molecule has 6 aromatic rings. The number of carbonyl (C=O) groups is 6. The molecular formula is C63H97N9O16S. The van der Waals surface area contributed by atoms with Crippen LogP contribution in [0.5, 0.6) is 0 Å². The van der Waals surface area contributed by atoms with Gasteiger partial charge in [-0.25, -0.2) is 29.5 Å². The SMILES string of the molecule is C.C.C.C.CCOCc1nc2c(NC(=O)COCC(=O)OCCCCCC(=O)OCCOCCOC(=O)CCCCCOC(=O)COCC(=O)Nc3nc4ccccc4c4c3nc(CC)n4CC(C)(C)C)nc3ccccc3c2n1CC(C)(C)C.N=S(=O)=O. The van der Waals surface area contributed by atoms with E-state index in [-0.39, 0.29) is 117 Å². The molecule has 6 rings (SSSR count). The quantitative estimate of drug-likeness (QED) is 0.0192. The number of carbonyl (C=O) groups excluding carboxylic acids is 6. The lowest BCUT2D eigenvalue weighted by atomic mass is 9.96. The molecule has 0 unspecified atom stereocenters. The number of unbranched alkanes of at least 4 members (excludes halogenated alkanes) is 4. The van der Waals surface area contributed by atoms with E-state index < -0.39 is 54.1 Å². The van der Waals surface area contributed by atoms with Crippen LogP contribution in [-0.4, -0.2) is 146 Å². The summed E-state index contributed by atoms with van der Waals surface area (Å²) in [6, 6.07) is 15.4. The zero-order valence-electron chi connectivity index (χ0n) is 50.0. The molecule has 0 atom stereocenters. The van der Waals surface area contributed by atoms with Gasteiger partial charge in [0, 0.05) is 49.7 Å². The maximum atomic E-state index is 13.0. The number of benzene rings is 2. The normalized spacial score (nSPS) is 11.1. The van der Waals surface area contributed by atoms with E-state index in [2.05, 4.69) is 61.3 Å². The second kappa shape index (κ2) is 40.2. The number of fused-ring (bicyclic) bond motifs is 6. The molecule has 0 spiro atoms. The first kappa shape index (κ1) is 79.5. The fourth-order valence-electron chi connectivity index (χ4n) is 8.82. The van der Waals surface area contributed by atoms with Crippen LogP contribution in [0.3, 0.4) is 0 Å². The molecule has 0 radical (unpaired) electrons. The monoisotopic (exact) mass is 1270 g/mol. The molecular weight excluding hydrogens is 1170 g/mol. The molecule has 0 bridgehead atoms. The van der Waals surface area contributed by atoms with Crippen molar-refractivity contribution in [2.24, 2.45) is 10.8 Å². The highest BCUT2D eigenvalue weighted by Crippen LogP contribution is 2.34. The van der Waals surface area contributed by atoms with Gasteiger partial charge in [0.1, 0.15) is 68.9 Å². The molecule has 0 fully saturated rings. The number of hydrogen-bond acceptors (Lipinski definition) is 21. The fraction of sp³-hybridized carbons (Fsp3) is 0.587. The lowest BCUT2D eigenvalue weighted by Gasteiger charge is -2.21. The molecule has 25 nitrogen and oxygen atoms in total. The van der Waals surface area contributed by atoms with Gasteiger partial charge in [0.05, 0.1) is 48.5 Å². The Labute approximate surface area is 525 Å².